The summed E-state index contributed by atoms with van der Waals surface area (Å²) in [6.45, 7) is 1.38. The van der Waals surface area contributed by atoms with Crippen molar-refractivity contribution in [2.24, 2.45) is 0 Å². The molecule has 0 atom stereocenters. The van der Waals surface area contributed by atoms with Crippen LogP contribution in [-0.4, -0.2) is 36.0 Å². The van der Waals surface area contributed by atoms with Crippen LogP contribution in [0.1, 0.15) is 44.5 Å². The lowest BCUT2D eigenvalue weighted by atomic mass is 10.1. The van der Waals surface area contributed by atoms with Gasteiger partial charge in [0.25, 0.3) is 11.6 Å². The highest BCUT2D eigenvalue weighted by atomic mass is 32.1. The predicted octanol–water partition coefficient (Wildman–Crippen LogP) is 3.12. The van der Waals surface area contributed by atoms with Gasteiger partial charge in [-0.25, -0.2) is 9.59 Å². The number of thiophene rings is 1. The number of aryl methyl sites for hydroxylation is 1. The van der Waals surface area contributed by atoms with Gasteiger partial charge in [0.15, 0.2) is 6.61 Å². The minimum Gasteiger partial charge on any atom is -0.462 e. The first-order valence-electron chi connectivity index (χ1n) is 8.93. The highest BCUT2D eigenvalue weighted by molar-refractivity contribution is 7.17. The minimum absolute atomic E-state index is 0.0886. The second-order valence-corrected chi connectivity index (χ2v) is 7.32. The molecule has 9 nitrogen and oxygen atoms in total. The lowest BCUT2D eigenvalue weighted by molar-refractivity contribution is -0.384. The van der Waals surface area contributed by atoms with E-state index in [9.17, 15) is 24.5 Å². The second-order valence-electron chi connectivity index (χ2n) is 6.21. The van der Waals surface area contributed by atoms with Gasteiger partial charge in [0, 0.05) is 17.0 Å². The molecule has 2 aromatic rings. The lowest BCUT2D eigenvalue weighted by Crippen LogP contribution is -2.22. The largest absolute Gasteiger partial charge is 0.462 e. The monoisotopic (exact) mass is 418 g/mol. The fraction of sp³-hybridized carbons (Fsp3) is 0.316. The van der Waals surface area contributed by atoms with Crippen molar-refractivity contribution in [3.8, 4) is 0 Å². The molecule has 0 bridgehead atoms. The van der Waals surface area contributed by atoms with Crippen molar-refractivity contribution in [2.45, 2.75) is 26.2 Å². The summed E-state index contributed by atoms with van der Waals surface area (Å²) in [5, 5.41) is 13.7. The number of nitrogens with one attached hydrogen (secondary N) is 1. The molecule has 0 spiro atoms. The van der Waals surface area contributed by atoms with Gasteiger partial charge in [-0.15, -0.1) is 11.3 Å². The Balaban J connectivity index is 1.63. The molecule has 0 saturated heterocycles. The van der Waals surface area contributed by atoms with Crippen molar-refractivity contribution < 1.29 is 28.8 Å². The van der Waals surface area contributed by atoms with Crippen molar-refractivity contribution in [2.75, 3.05) is 18.5 Å². The zero-order valence-corrected chi connectivity index (χ0v) is 16.4. The van der Waals surface area contributed by atoms with E-state index in [1.807, 2.05) is 0 Å². The number of benzene rings is 1. The summed E-state index contributed by atoms with van der Waals surface area (Å²) in [7, 11) is 0. The number of ether oxygens (including phenoxy) is 2. The third-order valence-electron chi connectivity index (χ3n) is 4.30. The summed E-state index contributed by atoms with van der Waals surface area (Å²) in [5.41, 5.74) is 1.22. The van der Waals surface area contributed by atoms with Gasteiger partial charge in [0.05, 0.1) is 22.7 Å². The highest BCUT2D eigenvalue weighted by Crippen LogP contribution is 2.39. The van der Waals surface area contributed by atoms with Gasteiger partial charge >= 0.3 is 11.9 Å². The molecule has 0 fully saturated rings. The molecule has 29 heavy (non-hydrogen) atoms. The average Bonchev–Trinajstić information content (AvgIpc) is 3.27. The molecular weight excluding hydrogens is 400 g/mol. The Labute approximate surface area is 169 Å². The zero-order valence-electron chi connectivity index (χ0n) is 15.6. The molecule has 0 aliphatic heterocycles. The van der Waals surface area contributed by atoms with Crippen LogP contribution in [0.25, 0.3) is 0 Å². The molecular formula is C19H18N2O7S. The Morgan fingerprint density at radius 1 is 1.14 bits per heavy atom. The van der Waals surface area contributed by atoms with Gasteiger partial charge in [-0.1, -0.05) is 0 Å². The van der Waals surface area contributed by atoms with E-state index >= 15 is 0 Å². The normalized spacial score (nSPS) is 12.2. The Kier molecular flexibility index (Phi) is 6.23. The van der Waals surface area contributed by atoms with Crippen molar-refractivity contribution in [1.82, 2.24) is 0 Å². The fourth-order valence-electron chi connectivity index (χ4n) is 3.01. The maximum atomic E-state index is 12.3. The fourth-order valence-corrected chi connectivity index (χ4v) is 4.30. The van der Waals surface area contributed by atoms with Crippen LogP contribution < -0.4 is 5.32 Å². The summed E-state index contributed by atoms with van der Waals surface area (Å²) in [6, 6.07) is 4.85. The summed E-state index contributed by atoms with van der Waals surface area (Å²) < 4.78 is 10.1. The van der Waals surface area contributed by atoms with Crippen LogP contribution in [0.4, 0.5) is 10.7 Å². The van der Waals surface area contributed by atoms with Crippen LogP contribution in [0.5, 0.6) is 0 Å². The number of hydrogen-bond acceptors (Lipinski definition) is 8. The predicted molar refractivity (Wildman–Crippen MR) is 104 cm³/mol. The summed E-state index contributed by atoms with van der Waals surface area (Å²) in [4.78, 5) is 47.6. The highest BCUT2D eigenvalue weighted by Gasteiger charge is 2.28. The van der Waals surface area contributed by atoms with E-state index in [4.69, 9.17) is 9.47 Å². The maximum absolute atomic E-state index is 12.3. The summed E-state index contributed by atoms with van der Waals surface area (Å²) in [6.07, 6.45) is 2.55. The number of non-ortho nitro benzene ring substituents is 1. The van der Waals surface area contributed by atoms with Crippen LogP contribution >= 0.6 is 11.3 Å². The Morgan fingerprint density at radius 3 is 2.52 bits per heavy atom. The number of carbonyl (C=O) groups excluding carboxylic acids is 3. The van der Waals surface area contributed by atoms with E-state index in [1.165, 1.54) is 35.6 Å². The number of anilines is 1. The van der Waals surface area contributed by atoms with Crippen molar-refractivity contribution in [3.05, 3.63) is 55.9 Å². The number of nitro benzene ring substituents is 1. The van der Waals surface area contributed by atoms with Gasteiger partial charge in [0.2, 0.25) is 0 Å². The number of fused-ring (bicyclic) bond motifs is 1. The topological polar surface area (TPSA) is 125 Å². The molecule has 152 valence electrons. The Hall–Kier alpha value is -3.27. The Bertz CT molecular complexity index is 966. The van der Waals surface area contributed by atoms with E-state index < -0.39 is 29.4 Å². The van der Waals surface area contributed by atoms with Gasteiger partial charge < -0.3 is 14.8 Å². The zero-order chi connectivity index (χ0) is 21.0. The third kappa shape index (κ3) is 4.60. The van der Waals surface area contributed by atoms with E-state index in [1.54, 1.807) is 6.92 Å². The first kappa shape index (κ1) is 20.5. The minimum atomic E-state index is -0.783. The first-order valence-corrected chi connectivity index (χ1v) is 9.75. The molecule has 1 aliphatic rings. The first-order chi connectivity index (χ1) is 13.9. The molecule has 0 unspecified atom stereocenters. The number of rotatable bonds is 7. The number of carbonyl (C=O) groups is 3. The van der Waals surface area contributed by atoms with Gasteiger partial charge in [-0.05, 0) is 43.9 Å². The van der Waals surface area contributed by atoms with E-state index in [2.05, 4.69) is 5.32 Å². The van der Waals surface area contributed by atoms with Crippen LogP contribution in [0.15, 0.2) is 24.3 Å². The third-order valence-corrected chi connectivity index (χ3v) is 5.51. The van der Waals surface area contributed by atoms with E-state index in [0.717, 1.165) is 29.7 Å². The Morgan fingerprint density at radius 2 is 1.86 bits per heavy atom. The lowest BCUT2D eigenvalue weighted by Gasteiger charge is -2.08. The molecule has 1 aromatic carbocycles. The summed E-state index contributed by atoms with van der Waals surface area (Å²) >= 11 is 1.33. The molecule has 1 aliphatic carbocycles. The van der Waals surface area contributed by atoms with Crippen LogP contribution in [0.3, 0.4) is 0 Å². The molecule has 1 N–H and O–H groups in total. The standard InChI is InChI=1S/C19H18N2O7S/c1-2-27-19(24)16-13-4-3-5-14(13)29-17(16)20-15(22)10-28-18(23)11-6-8-12(9-7-11)21(25)26/h6-9H,2-5,10H2,1H3,(H,20,22). The number of esters is 2. The van der Waals surface area contributed by atoms with Gasteiger partial charge in [-0.2, -0.15) is 0 Å². The van der Waals surface area contributed by atoms with Crippen molar-refractivity contribution >= 4 is 39.9 Å². The van der Waals surface area contributed by atoms with Crippen LogP contribution in [-0.2, 0) is 27.1 Å². The van der Waals surface area contributed by atoms with Gasteiger partial charge in [0.1, 0.15) is 5.00 Å². The molecule has 1 amide bonds. The SMILES string of the molecule is CCOC(=O)c1c(NC(=O)COC(=O)c2ccc([N+](=O)[O-])cc2)sc2c1CCC2. The van der Waals surface area contributed by atoms with Crippen LogP contribution in [0, 0.1) is 10.1 Å². The summed E-state index contributed by atoms with van der Waals surface area (Å²) in [5.74, 6) is -1.86. The molecule has 0 saturated carbocycles. The molecule has 10 heteroatoms. The molecule has 0 radical (unpaired) electrons. The smallest absolute Gasteiger partial charge is 0.341 e. The number of nitro groups is 1. The quantitative estimate of drug-likeness (QED) is 0.416. The van der Waals surface area contributed by atoms with Crippen molar-refractivity contribution in [3.63, 3.8) is 0 Å². The van der Waals surface area contributed by atoms with E-state index in [0.29, 0.717) is 10.6 Å². The molecule has 3 rings (SSSR count). The number of amides is 1. The van der Waals surface area contributed by atoms with Gasteiger partial charge in [-0.3, -0.25) is 14.9 Å². The van der Waals surface area contributed by atoms with E-state index in [-0.39, 0.29) is 17.9 Å². The second kappa shape index (κ2) is 8.82. The number of nitrogens with zero attached hydrogens (tertiary/aromatic N) is 1. The number of hydrogen-bond donors (Lipinski definition) is 1. The maximum Gasteiger partial charge on any atom is 0.341 e. The molecule has 1 heterocycles. The molecule has 1 aromatic heterocycles. The average molecular weight is 418 g/mol. The van der Waals surface area contributed by atoms with Crippen LogP contribution in [0.2, 0.25) is 0 Å². The van der Waals surface area contributed by atoms with Crippen molar-refractivity contribution in [1.29, 1.82) is 0 Å².